The van der Waals surface area contributed by atoms with Crippen molar-refractivity contribution in [2.45, 2.75) is 183 Å². The van der Waals surface area contributed by atoms with Crippen LogP contribution in [-0.4, -0.2) is 198 Å². The topological polar surface area (TPSA) is 519 Å². The fourth-order valence-electron chi connectivity index (χ4n) is 11.0. The molecule has 13 amide bonds. The maximum atomic E-state index is 14.7. The summed E-state index contributed by atoms with van der Waals surface area (Å²) in [6.07, 6.45) is 3.12. The molecule has 22 N–H and O–H groups in total. The second kappa shape index (κ2) is 41.0. The van der Waals surface area contributed by atoms with Crippen LogP contribution in [0.15, 0.2) is 65.7 Å². The molecule has 2 saturated heterocycles. The van der Waals surface area contributed by atoms with Crippen LogP contribution in [0.25, 0.3) is 0 Å². The van der Waals surface area contributed by atoms with Crippen LogP contribution in [0.3, 0.4) is 0 Å². The predicted octanol–water partition coefficient (Wildman–Crippen LogP) is -3.71. The number of carbonyl (C=O) groups excluding carboxylic acids is 13. The van der Waals surface area contributed by atoms with Gasteiger partial charge in [0.05, 0.1) is 12.6 Å². The number of guanidine groups is 1. The van der Waals surface area contributed by atoms with E-state index in [2.05, 4.69) is 47.5 Å². The van der Waals surface area contributed by atoms with Crippen molar-refractivity contribution in [3.63, 3.8) is 0 Å². The first-order valence-corrected chi connectivity index (χ1v) is 33.6. The number of carbonyl (C=O) groups is 13. The van der Waals surface area contributed by atoms with Gasteiger partial charge in [0.1, 0.15) is 54.4 Å². The Bertz CT molecular complexity index is 2960. The summed E-state index contributed by atoms with van der Waals surface area (Å²) in [4.78, 5) is 185. The molecular weight excluding hydrogens is 1250 g/mol. The van der Waals surface area contributed by atoms with Crippen molar-refractivity contribution in [3.8, 4) is 0 Å². The Morgan fingerprint density at radius 3 is 1.51 bits per heavy atom. The van der Waals surface area contributed by atoms with Crippen molar-refractivity contribution in [1.29, 1.82) is 0 Å². The van der Waals surface area contributed by atoms with Crippen molar-refractivity contribution in [2.75, 3.05) is 44.7 Å². The number of benzene rings is 2. The third-order valence-electron chi connectivity index (χ3n) is 16.0. The highest BCUT2D eigenvalue weighted by Gasteiger charge is 2.42. The number of amides is 13. The van der Waals surface area contributed by atoms with Gasteiger partial charge in [-0.05, 0) is 119 Å². The van der Waals surface area contributed by atoms with E-state index in [1.165, 1.54) is 21.6 Å². The van der Waals surface area contributed by atoms with Crippen LogP contribution in [0, 0.1) is 5.92 Å². The summed E-state index contributed by atoms with van der Waals surface area (Å²) in [6.45, 7) is 3.86. The number of nitrogens with two attached hydrogens (primary N) is 7. The number of nitrogens with zero attached hydrogens (tertiary/aromatic N) is 3. The average Bonchev–Trinajstić information content (AvgIpc) is 1.74. The van der Waals surface area contributed by atoms with Crippen LogP contribution in [0.1, 0.15) is 121 Å². The molecule has 2 aliphatic rings. The summed E-state index contributed by atoms with van der Waals surface area (Å²) in [5.41, 5.74) is 40.6. The Hall–Kier alpha value is -8.91. The number of nitrogens with one attached hydrogen (secondary N) is 8. The average molecular weight is 1350 g/mol. The third-order valence-corrected chi connectivity index (χ3v) is 16.7. The zero-order chi connectivity index (χ0) is 70.1. The van der Waals surface area contributed by atoms with Gasteiger partial charge in [-0.3, -0.25) is 67.3 Å². The molecule has 0 saturated carbocycles. The van der Waals surface area contributed by atoms with Gasteiger partial charge in [0.2, 0.25) is 76.8 Å². The van der Waals surface area contributed by atoms with Crippen LogP contribution >= 0.6 is 11.8 Å². The number of hydrogen-bond donors (Lipinski definition) is 15. The number of unbranched alkanes of at least 4 members (excludes halogenated alkanes) is 1. The van der Waals surface area contributed by atoms with Crippen LogP contribution in [-0.2, 0) is 75.2 Å². The molecule has 0 aromatic heterocycles. The third kappa shape index (κ3) is 27.5. The number of likely N-dealkylation sites (tertiary alicyclic amines) is 2. The number of hydrogen-bond acceptors (Lipinski definition) is 17. The molecule has 2 heterocycles. The molecule has 0 spiro atoms. The van der Waals surface area contributed by atoms with Crippen molar-refractivity contribution in [2.24, 2.45) is 51.0 Å². The lowest BCUT2D eigenvalue weighted by molar-refractivity contribution is -0.144. The second-order valence-electron chi connectivity index (χ2n) is 24.1. The summed E-state index contributed by atoms with van der Waals surface area (Å²) in [5, 5.41) is 21.1. The molecule has 95 heavy (non-hydrogen) atoms. The number of aliphatic imine (C=N–C) groups is 1. The Balaban J connectivity index is 1.56. The van der Waals surface area contributed by atoms with Crippen LogP contribution in [0.4, 0.5) is 0 Å². The van der Waals surface area contributed by atoms with Crippen molar-refractivity contribution >= 4 is 94.5 Å². The lowest BCUT2D eigenvalue weighted by Gasteiger charge is -2.32. The molecule has 2 fully saturated rings. The maximum absolute atomic E-state index is 14.7. The van der Waals surface area contributed by atoms with Gasteiger partial charge in [-0.15, -0.1) is 0 Å². The van der Waals surface area contributed by atoms with Gasteiger partial charge in [0.25, 0.3) is 0 Å². The van der Waals surface area contributed by atoms with Gasteiger partial charge in [-0.2, -0.15) is 11.8 Å². The summed E-state index contributed by atoms with van der Waals surface area (Å²) >= 11 is 1.45. The zero-order valence-electron chi connectivity index (χ0n) is 54.5. The lowest BCUT2D eigenvalue weighted by Crippen LogP contribution is -2.60. The van der Waals surface area contributed by atoms with E-state index in [1.54, 1.807) is 60.7 Å². The smallest absolute Gasteiger partial charge is 0.245 e. The van der Waals surface area contributed by atoms with Crippen LogP contribution in [0.2, 0.25) is 0 Å². The molecule has 31 nitrogen and oxygen atoms in total. The van der Waals surface area contributed by atoms with Gasteiger partial charge >= 0.3 is 0 Å². The highest BCUT2D eigenvalue weighted by atomic mass is 32.2. The number of primary amides is 3. The predicted molar refractivity (Wildman–Crippen MR) is 356 cm³/mol. The quantitative estimate of drug-likeness (QED) is 0.0173. The van der Waals surface area contributed by atoms with E-state index in [0.717, 1.165) is 0 Å². The summed E-state index contributed by atoms with van der Waals surface area (Å²) < 4.78 is 0. The van der Waals surface area contributed by atoms with E-state index in [9.17, 15) is 62.3 Å². The second-order valence-corrected chi connectivity index (χ2v) is 25.1. The van der Waals surface area contributed by atoms with Crippen LogP contribution < -0.4 is 82.7 Å². The summed E-state index contributed by atoms with van der Waals surface area (Å²) in [5.74, 6) is -9.80. The molecule has 0 unspecified atom stereocenters. The molecule has 2 aromatic rings. The minimum atomic E-state index is -1.64. The number of thioether (sulfide) groups is 1. The van der Waals surface area contributed by atoms with Gasteiger partial charge in [0.15, 0.2) is 5.96 Å². The first kappa shape index (κ1) is 78.5. The lowest BCUT2D eigenvalue weighted by atomic mass is 10.0. The Labute approximate surface area is 558 Å². The Kier molecular flexibility index (Phi) is 33.9. The van der Waals surface area contributed by atoms with E-state index in [4.69, 9.17) is 40.1 Å². The van der Waals surface area contributed by atoms with Gasteiger partial charge in [0, 0.05) is 45.3 Å². The molecule has 2 aromatic carbocycles. The normalized spacial score (nSPS) is 16.8. The standard InChI is InChI=1S/C63H98N18O13S/c1-37(2)33-45(57(89)74-41(53(68)85)27-32-95-3)73-52(84)36-72-54(86)46(34-38-15-6-4-7-16-38)78-58(90)47(35-39-17-8-5-9-18-39)79-56(88)42(23-25-50(66)82)75-55(87)43(24-26-51(67)83)76-59(91)49-22-14-31-81(49)62(94)44(20-10-11-28-64)77-60(92)48-21-13-30-80(48)61(93)40(65)19-12-29-71-63(69)70/h4-9,15-18,37,40-49H,10-14,19-36,64-65H2,1-3H3,(H2,66,82)(H2,67,83)(H2,68,85)(H,72,86)(H,73,84)(H,74,89)(H,75,87)(H,76,91)(H,77,92)(H,78,90)(H,79,88)(H4,69,70,71)/t40-,41+,42+,43+,44+,45-,46+,47-,48+,49+/m1/s1. The van der Waals surface area contributed by atoms with Crippen molar-refractivity contribution in [3.05, 3.63) is 71.8 Å². The van der Waals surface area contributed by atoms with Crippen molar-refractivity contribution in [1.82, 2.24) is 52.3 Å². The molecule has 0 aliphatic carbocycles. The highest BCUT2D eigenvalue weighted by Crippen LogP contribution is 2.24. The highest BCUT2D eigenvalue weighted by molar-refractivity contribution is 7.98. The fourth-order valence-corrected chi connectivity index (χ4v) is 11.5. The summed E-state index contributed by atoms with van der Waals surface area (Å²) in [7, 11) is 0. The minimum absolute atomic E-state index is 0.0736. The molecule has 0 radical (unpaired) electrons. The zero-order valence-corrected chi connectivity index (χ0v) is 55.3. The van der Waals surface area contributed by atoms with E-state index in [0.29, 0.717) is 55.4 Å². The molecule has 2 aliphatic heterocycles. The van der Waals surface area contributed by atoms with Crippen molar-refractivity contribution < 1.29 is 62.3 Å². The molecule has 4 rings (SSSR count). The van der Waals surface area contributed by atoms with E-state index >= 15 is 0 Å². The van der Waals surface area contributed by atoms with Gasteiger partial charge in [-0.1, -0.05) is 74.5 Å². The van der Waals surface area contributed by atoms with E-state index < -0.39 is 169 Å². The maximum Gasteiger partial charge on any atom is 0.245 e. The minimum Gasteiger partial charge on any atom is -0.370 e. The van der Waals surface area contributed by atoms with Crippen LogP contribution in [0.5, 0.6) is 0 Å². The molecule has 524 valence electrons. The monoisotopic (exact) mass is 1350 g/mol. The Morgan fingerprint density at radius 1 is 0.537 bits per heavy atom. The first-order chi connectivity index (χ1) is 45.2. The summed E-state index contributed by atoms with van der Waals surface area (Å²) in [6, 6.07) is 4.51. The SMILES string of the molecule is CSCC[C@H](NC(=O)[C@@H](CC(C)C)NC(=O)CNC(=O)[C@H](Cc1ccccc1)NC(=O)[C@@H](Cc1ccccc1)NC(=O)[C@H](CCC(N)=O)NC(=O)[C@H](CCC(N)=O)NC(=O)[C@@H]1CCCN1C(=O)[C@H](CCCCN)NC(=O)[C@@H]1CCCN1C(=O)[C@H](N)CCCN=C(N)N)C(N)=O. The van der Waals surface area contributed by atoms with E-state index in [-0.39, 0.29) is 83.0 Å². The van der Waals surface area contributed by atoms with E-state index in [1.807, 2.05) is 20.1 Å². The van der Waals surface area contributed by atoms with Gasteiger partial charge in [-0.25, -0.2) is 0 Å². The molecular formula is C63H98N18O13S. The van der Waals surface area contributed by atoms with Gasteiger partial charge < -0.3 is 92.5 Å². The molecule has 0 bridgehead atoms. The fraction of sp³-hybridized carbons (Fsp3) is 0.587. The molecule has 10 atom stereocenters. The number of rotatable bonds is 42. The molecule has 32 heteroatoms. The first-order valence-electron chi connectivity index (χ1n) is 32.2. The largest absolute Gasteiger partial charge is 0.370 e. The Morgan fingerprint density at radius 2 is 1.01 bits per heavy atom.